The van der Waals surface area contributed by atoms with Crippen molar-refractivity contribution in [1.29, 1.82) is 0 Å². The minimum Gasteiger partial charge on any atom is -0.314 e. The molecule has 2 unspecified atom stereocenters. The van der Waals surface area contributed by atoms with Gasteiger partial charge in [0.2, 0.25) is 0 Å². The van der Waals surface area contributed by atoms with Gasteiger partial charge in [-0.25, -0.2) is 0 Å². The third-order valence-electron chi connectivity index (χ3n) is 4.69. The van der Waals surface area contributed by atoms with Crippen molar-refractivity contribution in [2.75, 3.05) is 6.54 Å². The standard InChI is InChI=1S/C15H24N4S/c1-2-16-11-5-8-13(9-11)20-15-18-17-14(10-3-4-10)19(15)12-6-7-12/h10-13,16H,2-9H2,1H3. The lowest BCUT2D eigenvalue weighted by Gasteiger charge is -2.13. The fraction of sp³-hybridized carbons (Fsp3) is 0.867. The Hall–Kier alpha value is -0.550. The van der Waals surface area contributed by atoms with Crippen LogP contribution in [0.5, 0.6) is 0 Å². The lowest BCUT2D eigenvalue weighted by Crippen LogP contribution is -2.26. The van der Waals surface area contributed by atoms with E-state index in [-0.39, 0.29) is 0 Å². The Morgan fingerprint density at radius 2 is 2.00 bits per heavy atom. The van der Waals surface area contributed by atoms with Crippen molar-refractivity contribution >= 4 is 11.8 Å². The zero-order chi connectivity index (χ0) is 13.5. The van der Waals surface area contributed by atoms with Crippen LogP contribution in [0.4, 0.5) is 0 Å². The predicted molar refractivity (Wildman–Crippen MR) is 81.2 cm³/mol. The summed E-state index contributed by atoms with van der Waals surface area (Å²) in [4.78, 5) is 0. The summed E-state index contributed by atoms with van der Waals surface area (Å²) in [7, 11) is 0. The van der Waals surface area contributed by atoms with E-state index in [1.165, 1.54) is 55.9 Å². The van der Waals surface area contributed by atoms with E-state index < -0.39 is 0 Å². The molecule has 3 fully saturated rings. The quantitative estimate of drug-likeness (QED) is 0.875. The predicted octanol–water partition coefficient (Wildman–Crippen LogP) is 3.11. The zero-order valence-corrected chi connectivity index (χ0v) is 13.0. The monoisotopic (exact) mass is 292 g/mol. The maximum absolute atomic E-state index is 4.53. The maximum Gasteiger partial charge on any atom is 0.191 e. The second kappa shape index (κ2) is 5.34. The molecule has 0 aliphatic heterocycles. The highest BCUT2D eigenvalue weighted by Gasteiger charge is 2.37. The number of nitrogens with zero attached hydrogens (tertiary/aromatic N) is 3. The van der Waals surface area contributed by atoms with E-state index >= 15 is 0 Å². The van der Waals surface area contributed by atoms with E-state index in [1.807, 2.05) is 11.8 Å². The van der Waals surface area contributed by atoms with Crippen molar-refractivity contribution in [3.8, 4) is 0 Å². The molecular formula is C15H24N4S. The molecule has 4 nitrogen and oxygen atoms in total. The number of hydrogen-bond donors (Lipinski definition) is 1. The van der Waals surface area contributed by atoms with Crippen LogP contribution in [-0.2, 0) is 0 Å². The molecule has 5 heteroatoms. The Kier molecular flexibility index (Phi) is 3.50. The molecule has 1 aromatic heterocycles. The highest BCUT2D eigenvalue weighted by Crippen LogP contribution is 2.47. The van der Waals surface area contributed by atoms with Crippen molar-refractivity contribution in [2.45, 2.75) is 80.3 Å². The summed E-state index contributed by atoms with van der Waals surface area (Å²) in [5, 5.41) is 14.6. The molecule has 4 rings (SSSR count). The van der Waals surface area contributed by atoms with Gasteiger partial charge in [0.15, 0.2) is 5.16 Å². The van der Waals surface area contributed by atoms with Crippen molar-refractivity contribution < 1.29 is 0 Å². The van der Waals surface area contributed by atoms with Gasteiger partial charge in [-0.15, -0.1) is 10.2 Å². The highest BCUT2D eigenvalue weighted by atomic mass is 32.2. The largest absolute Gasteiger partial charge is 0.314 e. The molecule has 1 N–H and O–H groups in total. The Balaban J connectivity index is 1.46. The Bertz CT molecular complexity index is 478. The van der Waals surface area contributed by atoms with Gasteiger partial charge in [-0.05, 0) is 51.5 Å². The van der Waals surface area contributed by atoms with Gasteiger partial charge < -0.3 is 9.88 Å². The van der Waals surface area contributed by atoms with Crippen LogP contribution in [0, 0.1) is 0 Å². The van der Waals surface area contributed by atoms with Crippen LogP contribution in [0.3, 0.4) is 0 Å². The maximum atomic E-state index is 4.53. The van der Waals surface area contributed by atoms with E-state index in [9.17, 15) is 0 Å². The molecule has 1 heterocycles. The van der Waals surface area contributed by atoms with Crippen LogP contribution in [0.2, 0.25) is 0 Å². The Morgan fingerprint density at radius 1 is 1.15 bits per heavy atom. The minimum atomic E-state index is 0.717. The Morgan fingerprint density at radius 3 is 2.70 bits per heavy atom. The third kappa shape index (κ3) is 2.62. The zero-order valence-electron chi connectivity index (χ0n) is 12.2. The van der Waals surface area contributed by atoms with Gasteiger partial charge in [-0.2, -0.15) is 0 Å². The lowest BCUT2D eigenvalue weighted by atomic mass is 10.2. The van der Waals surface area contributed by atoms with Gasteiger partial charge in [0, 0.05) is 23.3 Å². The molecule has 1 aromatic rings. The molecule has 0 amide bonds. The van der Waals surface area contributed by atoms with Gasteiger partial charge in [0.1, 0.15) is 5.82 Å². The van der Waals surface area contributed by atoms with Crippen molar-refractivity contribution in [3.63, 3.8) is 0 Å². The minimum absolute atomic E-state index is 0.717. The van der Waals surface area contributed by atoms with Crippen molar-refractivity contribution in [2.24, 2.45) is 0 Å². The summed E-state index contributed by atoms with van der Waals surface area (Å²) in [6.07, 6.45) is 9.22. The lowest BCUT2D eigenvalue weighted by molar-refractivity contribution is 0.543. The van der Waals surface area contributed by atoms with Gasteiger partial charge in [-0.3, -0.25) is 0 Å². The number of thioether (sulfide) groups is 1. The number of rotatable bonds is 6. The summed E-state index contributed by atoms with van der Waals surface area (Å²) in [6.45, 7) is 3.29. The van der Waals surface area contributed by atoms with E-state index in [2.05, 4.69) is 27.0 Å². The van der Waals surface area contributed by atoms with Crippen molar-refractivity contribution in [3.05, 3.63) is 5.82 Å². The first-order valence-corrected chi connectivity index (χ1v) is 9.08. The molecule has 3 saturated carbocycles. The summed E-state index contributed by atoms with van der Waals surface area (Å²) in [5.74, 6) is 2.01. The smallest absolute Gasteiger partial charge is 0.191 e. The summed E-state index contributed by atoms with van der Waals surface area (Å²) in [5.41, 5.74) is 0. The van der Waals surface area contributed by atoms with Crippen LogP contribution >= 0.6 is 11.8 Å². The second-order valence-corrected chi connectivity index (χ2v) is 7.79. The number of nitrogens with one attached hydrogen (secondary N) is 1. The van der Waals surface area contributed by atoms with E-state index in [4.69, 9.17) is 0 Å². The summed E-state index contributed by atoms with van der Waals surface area (Å²) >= 11 is 1.99. The molecule has 0 bridgehead atoms. The van der Waals surface area contributed by atoms with Crippen LogP contribution in [0.15, 0.2) is 5.16 Å². The molecule has 0 spiro atoms. The van der Waals surface area contributed by atoms with E-state index in [0.717, 1.165) is 23.8 Å². The van der Waals surface area contributed by atoms with E-state index in [0.29, 0.717) is 6.04 Å². The van der Waals surface area contributed by atoms with E-state index in [1.54, 1.807) is 0 Å². The molecule has 0 radical (unpaired) electrons. The first-order valence-electron chi connectivity index (χ1n) is 8.20. The molecule has 0 saturated heterocycles. The Labute approximate surface area is 125 Å². The number of hydrogen-bond acceptors (Lipinski definition) is 4. The summed E-state index contributed by atoms with van der Waals surface area (Å²) in [6, 6.07) is 1.44. The molecule has 2 atom stereocenters. The molecule has 110 valence electrons. The summed E-state index contributed by atoms with van der Waals surface area (Å²) < 4.78 is 2.49. The average Bonchev–Trinajstić information content (AvgIpc) is 3.37. The number of aromatic nitrogens is 3. The second-order valence-electron chi connectivity index (χ2n) is 6.52. The third-order valence-corrected chi connectivity index (χ3v) is 5.95. The van der Waals surface area contributed by atoms with Gasteiger partial charge in [0.25, 0.3) is 0 Å². The molecule has 20 heavy (non-hydrogen) atoms. The van der Waals surface area contributed by atoms with Crippen molar-refractivity contribution in [1.82, 2.24) is 20.1 Å². The molecular weight excluding hydrogens is 268 g/mol. The normalized spacial score (nSPS) is 30.1. The fourth-order valence-corrected chi connectivity index (χ4v) is 4.66. The van der Waals surface area contributed by atoms with Crippen LogP contribution in [0.1, 0.15) is 69.7 Å². The molecule has 3 aliphatic carbocycles. The van der Waals surface area contributed by atoms with Gasteiger partial charge in [-0.1, -0.05) is 18.7 Å². The van der Waals surface area contributed by atoms with Crippen LogP contribution in [-0.4, -0.2) is 32.6 Å². The average molecular weight is 292 g/mol. The molecule has 3 aliphatic rings. The SMILES string of the molecule is CCNC1CCC(Sc2nnc(C3CC3)n2C2CC2)C1. The first-order chi connectivity index (χ1) is 9.85. The van der Waals surface area contributed by atoms with Gasteiger partial charge >= 0.3 is 0 Å². The van der Waals surface area contributed by atoms with Gasteiger partial charge in [0.05, 0.1) is 0 Å². The highest BCUT2D eigenvalue weighted by molar-refractivity contribution is 7.99. The molecule has 0 aromatic carbocycles. The van der Waals surface area contributed by atoms with Crippen LogP contribution < -0.4 is 5.32 Å². The van der Waals surface area contributed by atoms with Crippen LogP contribution in [0.25, 0.3) is 0 Å². The first kappa shape index (κ1) is 13.1. The topological polar surface area (TPSA) is 42.7 Å². The fourth-order valence-electron chi connectivity index (χ4n) is 3.33.